The Labute approximate surface area is 106 Å². The molecule has 0 aliphatic carbocycles. The van der Waals surface area contributed by atoms with Gasteiger partial charge in [-0.25, -0.2) is 4.39 Å². The summed E-state index contributed by atoms with van der Waals surface area (Å²) in [6, 6.07) is 4.54. The van der Waals surface area contributed by atoms with Gasteiger partial charge in [-0.3, -0.25) is 4.79 Å². The Bertz CT molecular complexity index is 395. The molecule has 1 unspecified atom stereocenters. The van der Waals surface area contributed by atoms with Crippen LogP contribution in [0.3, 0.4) is 0 Å². The Kier molecular flexibility index (Phi) is 5.59. The molecule has 1 aromatic rings. The van der Waals surface area contributed by atoms with E-state index in [-0.39, 0.29) is 23.1 Å². The summed E-state index contributed by atoms with van der Waals surface area (Å²) in [5, 5.41) is 3.17. The van der Waals surface area contributed by atoms with Gasteiger partial charge in [-0.05, 0) is 18.2 Å². The van der Waals surface area contributed by atoms with Gasteiger partial charge < -0.3 is 5.32 Å². The first-order chi connectivity index (χ1) is 8.06. The van der Waals surface area contributed by atoms with E-state index in [0.717, 1.165) is 6.54 Å². The normalized spacial score (nSPS) is 12.5. The Hall–Kier alpha value is -0.930. The van der Waals surface area contributed by atoms with Gasteiger partial charge in [0.05, 0.1) is 5.02 Å². The number of benzene rings is 1. The number of ketones is 1. The molecule has 1 aromatic carbocycles. The number of rotatable bonds is 6. The van der Waals surface area contributed by atoms with Gasteiger partial charge in [0.1, 0.15) is 11.6 Å². The van der Waals surface area contributed by atoms with E-state index in [1.165, 1.54) is 6.07 Å². The molecule has 0 bridgehead atoms. The first-order valence-electron chi connectivity index (χ1n) is 5.72. The highest BCUT2D eigenvalue weighted by Gasteiger charge is 2.15. The molecule has 1 rings (SSSR count). The monoisotopic (exact) mass is 257 g/mol. The zero-order valence-electron chi connectivity index (χ0n) is 10.1. The number of hydrogen-bond acceptors (Lipinski definition) is 2. The molecule has 0 aliphatic rings. The minimum Gasteiger partial charge on any atom is -0.316 e. The maximum Gasteiger partial charge on any atom is 0.142 e. The molecule has 4 heteroatoms. The van der Waals surface area contributed by atoms with Crippen LogP contribution >= 0.6 is 11.6 Å². The van der Waals surface area contributed by atoms with E-state index in [1.54, 1.807) is 12.1 Å². The molecule has 0 aromatic heterocycles. The summed E-state index contributed by atoms with van der Waals surface area (Å²) in [6.07, 6.45) is 0.184. The molecule has 0 fully saturated rings. The first kappa shape index (κ1) is 14.1. The number of Topliss-reactive ketones (excluding diaryl/α,β-unsaturated/α-hetero) is 1. The van der Waals surface area contributed by atoms with Crippen LogP contribution in [-0.4, -0.2) is 18.9 Å². The van der Waals surface area contributed by atoms with Crippen LogP contribution in [0.4, 0.5) is 4.39 Å². The SMILES string of the molecule is CCNCC(C)C(=O)Cc1cccc(F)c1Cl. The van der Waals surface area contributed by atoms with Gasteiger partial charge in [0, 0.05) is 18.9 Å². The number of carbonyl (C=O) groups is 1. The molecule has 0 spiro atoms. The van der Waals surface area contributed by atoms with Crippen molar-refractivity contribution in [1.29, 1.82) is 0 Å². The quantitative estimate of drug-likeness (QED) is 0.849. The second-order valence-electron chi connectivity index (χ2n) is 4.06. The first-order valence-corrected chi connectivity index (χ1v) is 6.10. The Morgan fingerprint density at radius 2 is 2.24 bits per heavy atom. The molecule has 17 heavy (non-hydrogen) atoms. The van der Waals surface area contributed by atoms with Gasteiger partial charge in [0.15, 0.2) is 0 Å². The van der Waals surface area contributed by atoms with Gasteiger partial charge in [-0.1, -0.05) is 37.6 Å². The third-order valence-electron chi connectivity index (χ3n) is 2.65. The average molecular weight is 258 g/mol. The van der Waals surface area contributed by atoms with E-state index in [1.807, 2.05) is 13.8 Å². The third kappa shape index (κ3) is 4.10. The van der Waals surface area contributed by atoms with Crippen molar-refractivity contribution < 1.29 is 9.18 Å². The lowest BCUT2D eigenvalue weighted by Crippen LogP contribution is -2.27. The molecule has 0 aliphatic heterocycles. The van der Waals surface area contributed by atoms with Gasteiger partial charge in [-0.15, -0.1) is 0 Å². The minimum atomic E-state index is -0.476. The van der Waals surface area contributed by atoms with Gasteiger partial charge in [-0.2, -0.15) is 0 Å². The van der Waals surface area contributed by atoms with Crippen molar-refractivity contribution in [3.05, 3.63) is 34.6 Å². The van der Waals surface area contributed by atoms with Crippen LogP contribution in [0, 0.1) is 11.7 Å². The second kappa shape index (κ2) is 6.72. The van der Waals surface area contributed by atoms with Crippen LogP contribution in [0.5, 0.6) is 0 Å². The van der Waals surface area contributed by atoms with Crippen LogP contribution in [0.25, 0.3) is 0 Å². The molecule has 1 atom stereocenters. The van der Waals surface area contributed by atoms with Crippen molar-refractivity contribution in [1.82, 2.24) is 5.32 Å². The molecule has 0 saturated heterocycles. The van der Waals surface area contributed by atoms with Crippen molar-refractivity contribution in [3.8, 4) is 0 Å². The fourth-order valence-corrected chi connectivity index (χ4v) is 1.71. The highest BCUT2D eigenvalue weighted by Crippen LogP contribution is 2.21. The molecule has 0 saturated carbocycles. The Morgan fingerprint density at radius 3 is 2.88 bits per heavy atom. The largest absolute Gasteiger partial charge is 0.316 e. The van der Waals surface area contributed by atoms with E-state index in [9.17, 15) is 9.18 Å². The van der Waals surface area contributed by atoms with Crippen LogP contribution in [-0.2, 0) is 11.2 Å². The summed E-state index contributed by atoms with van der Waals surface area (Å²) in [7, 11) is 0. The summed E-state index contributed by atoms with van der Waals surface area (Å²) in [5.41, 5.74) is 0.556. The van der Waals surface area contributed by atoms with Crippen LogP contribution in [0.15, 0.2) is 18.2 Å². The van der Waals surface area contributed by atoms with Gasteiger partial charge in [0.2, 0.25) is 0 Å². The van der Waals surface area contributed by atoms with Crippen molar-refractivity contribution >= 4 is 17.4 Å². The molecule has 2 nitrogen and oxygen atoms in total. The van der Waals surface area contributed by atoms with Gasteiger partial charge in [0.25, 0.3) is 0 Å². The maximum absolute atomic E-state index is 13.2. The zero-order valence-corrected chi connectivity index (χ0v) is 10.9. The zero-order chi connectivity index (χ0) is 12.8. The molecular formula is C13H17ClFNO. The lowest BCUT2D eigenvalue weighted by atomic mass is 9.99. The summed E-state index contributed by atoms with van der Waals surface area (Å²) in [4.78, 5) is 11.9. The van der Waals surface area contributed by atoms with E-state index in [0.29, 0.717) is 12.1 Å². The molecule has 0 radical (unpaired) electrons. The molecule has 0 amide bonds. The van der Waals surface area contributed by atoms with Crippen molar-refractivity contribution in [2.24, 2.45) is 5.92 Å². The Morgan fingerprint density at radius 1 is 1.53 bits per heavy atom. The van der Waals surface area contributed by atoms with E-state index in [4.69, 9.17) is 11.6 Å². The Balaban J connectivity index is 2.64. The van der Waals surface area contributed by atoms with Crippen molar-refractivity contribution in [2.45, 2.75) is 20.3 Å². The summed E-state index contributed by atoms with van der Waals surface area (Å²) in [5.74, 6) is -0.496. The smallest absolute Gasteiger partial charge is 0.142 e. The minimum absolute atomic E-state index is 0.0523. The standard InChI is InChI=1S/C13H17ClFNO/c1-3-16-8-9(2)12(17)7-10-5-4-6-11(15)13(10)14/h4-6,9,16H,3,7-8H2,1-2H3. The molecule has 94 valence electrons. The molecular weight excluding hydrogens is 241 g/mol. The fourth-order valence-electron chi connectivity index (χ4n) is 1.52. The lowest BCUT2D eigenvalue weighted by Gasteiger charge is -2.11. The highest BCUT2D eigenvalue weighted by molar-refractivity contribution is 6.31. The summed E-state index contributed by atoms with van der Waals surface area (Å²) in [6.45, 7) is 5.32. The predicted molar refractivity (Wildman–Crippen MR) is 67.8 cm³/mol. The number of hydrogen-bond donors (Lipinski definition) is 1. The fraction of sp³-hybridized carbons (Fsp3) is 0.462. The van der Waals surface area contributed by atoms with Gasteiger partial charge >= 0.3 is 0 Å². The van der Waals surface area contributed by atoms with Crippen LogP contribution < -0.4 is 5.32 Å². The lowest BCUT2D eigenvalue weighted by molar-refractivity contribution is -0.121. The molecule has 0 heterocycles. The van der Waals surface area contributed by atoms with Crippen LogP contribution in [0.2, 0.25) is 5.02 Å². The van der Waals surface area contributed by atoms with E-state index >= 15 is 0 Å². The highest BCUT2D eigenvalue weighted by atomic mass is 35.5. The van der Waals surface area contributed by atoms with Crippen LogP contribution in [0.1, 0.15) is 19.4 Å². The van der Waals surface area contributed by atoms with Crippen molar-refractivity contribution in [3.63, 3.8) is 0 Å². The topological polar surface area (TPSA) is 29.1 Å². The maximum atomic E-state index is 13.2. The van der Waals surface area contributed by atoms with Crippen molar-refractivity contribution in [2.75, 3.05) is 13.1 Å². The summed E-state index contributed by atoms with van der Waals surface area (Å²) >= 11 is 5.80. The number of halogens is 2. The average Bonchev–Trinajstić information content (AvgIpc) is 2.31. The second-order valence-corrected chi connectivity index (χ2v) is 4.44. The third-order valence-corrected chi connectivity index (χ3v) is 3.07. The van der Waals surface area contributed by atoms with E-state index < -0.39 is 5.82 Å². The predicted octanol–water partition coefficient (Wildman–Crippen LogP) is 2.84. The number of nitrogens with one attached hydrogen (secondary N) is 1. The number of carbonyl (C=O) groups excluding carboxylic acids is 1. The summed E-state index contributed by atoms with van der Waals surface area (Å²) < 4.78 is 13.2. The molecule has 1 N–H and O–H groups in total. The van der Waals surface area contributed by atoms with E-state index in [2.05, 4.69) is 5.32 Å².